The van der Waals surface area contributed by atoms with E-state index in [9.17, 15) is 19.5 Å². The van der Waals surface area contributed by atoms with Gasteiger partial charge in [-0.2, -0.15) is 0 Å². The van der Waals surface area contributed by atoms with Gasteiger partial charge in [-0.15, -0.1) is 0 Å². The summed E-state index contributed by atoms with van der Waals surface area (Å²) in [7, 11) is 0. The Hall–Kier alpha value is -6.77. The number of likely N-dealkylation sites (tertiary alicyclic amines) is 1. The molecule has 3 aliphatic rings. The number of hydrogen-bond donors (Lipinski definition) is 1. The highest BCUT2D eigenvalue weighted by Gasteiger charge is 2.67. The number of ether oxygens (including phenoxy) is 1. The smallest absolute Gasteiger partial charge is 0.319 e. The zero-order valence-corrected chi connectivity index (χ0v) is 30.3. The number of carbonyl (C=O) groups excluding carboxylic acids is 3. The van der Waals surface area contributed by atoms with Gasteiger partial charge in [0.25, 0.3) is 0 Å². The number of carbonyl (C=O) groups is 3. The summed E-state index contributed by atoms with van der Waals surface area (Å²) in [6.45, 7) is -0.525. The molecule has 5 unspecified atom stereocenters. The Balaban J connectivity index is 1.15. The van der Waals surface area contributed by atoms with E-state index in [1.54, 1.807) is 24.5 Å². The molecule has 1 aliphatic heterocycles. The van der Waals surface area contributed by atoms with Crippen LogP contribution in [0.2, 0.25) is 0 Å². The minimum atomic E-state index is -1.74. The van der Waals surface area contributed by atoms with Gasteiger partial charge in [0.05, 0.1) is 23.2 Å². The van der Waals surface area contributed by atoms with Crippen molar-refractivity contribution in [2.75, 3.05) is 6.73 Å². The molecule has 56 heavy (non-hydrogen) atoms. The topological polar surface area (TPSA) is 110 Å². The maximum absolute atomic E-state index is 14.8. The number of nitrogens with zero attached hydrogens (tertiary/aromatic N) is 3. The number of benzene rings is 4. The Morgan fingerprint density at radius 1 is 0.679 bits per heavy atom. The molecule has 0 spiro atoms. The van der Waals surface area contributed by atoms with E-state index in [1.165, 1.54) is 0 Å². The van der Waals surface area contributed by atoms with Crippen molar-refractivity contribution >= 4 is 23.4 Å². The van der Waals surface area contributed by atoms with Gasteiger partial charge in [-0.05, 0) is 57.7 Å². The largest absolute Gasteiger partial charge is 0.443 e. The fourth-order valence-corrected chi connectivity index (χ4v) is 9.01. The van der Waals surface area contributed by atoms with Crippen LogP contribution in [-0.4, -0.2) is 44.5 Å². The summed E-state index contributed by atoms with van der Waals surface area (Å²) in [5.41, 5.74) is 4.51. The molecular weight excluding hydrogens is 699 g/mol. The van der Waals surface area contributed by atoms with Crippen LogP contribution in [0.4, 0.5) is 0 Å². The second-order valence-corrected chi connectivity index (χ2v) is 14.3. The van der Waals surface area contributed by atoms with Crippen molar-refractivity contribution in [2.24, 2.45) is 23.7 Å². The van der Waals surface area contributed by atoms with Gasteiger partial charge < -0.3 is 9.84 Å². The zero-order valence-electron chi connectivity index (χ0n) is 30.3. The first kappa shape index (κ1) is 35.0. The van der Waals surface area contributed by atoms with E-state index in [0.717, 1.165) is 32.7 Å². The molecule has 2 fully saturated rings. The number of pyridine rings is 2. The average Bonchev–Trinajstić information content (AvgIpc) is 3.87. The first-order chi connectivity index (χ1) is 27.5. The van der Waals surface area contributed by atoms with E-state index in [-0.39, 0.29) is 0 Å². The SMILES string of the molecule is O=C(OCN1C(=O)C2C3C=C(C(O)(c4ccccc4)c4ccccn4)C(C3=C(c3ccccc3)c3ccccn3)C2C1=O)C(c1ccccc1)c1ccccc1. The fraction of sp³-hybridized carbons (Fsp3) is 0.146. The highest BCUT2D eigenvalue weighted by Crippen LogP contribution is 2.64. The van der Waals surface area contributed by atoms with E-state index >= 15 is 0 Å². The van der Waals surface area contributed by atoms with Crippen molar-refractivity contribution in [1.29, 1.82) is 0 Å². The summed E-state index contributed by atoms with van der Waals surface area (Å²) < 4.78 is 5.89. The normalized spacial score (nSPS) is 21.8. The predicted octanol–water partition coefficient (Wildman–Crippen LogP) is 7.33. The number of imide groups is 1. The van der Waals surface area contributed by atoms with E-state index in [0.29, 0.717) is 22.5 Å². The molecule has 4 aromatic carbocycles. The fourth-order valence-electron chi connectivity index (χ4n) is 9.01. The zero-order chi connectivity index (χ0) is 38.2. The third kappa shape index (κ3) is 5.77. The van der Waals surface area contributed by atoms with Crippen LogP contribution in [0.25, 0.3) is 5.57 Å². The van der Waals surface area contributed by atoms with Gasteiger partial charge >= 0.3 is 5.97 Å². The van der Waals surface area contributed by atoms with Crippen LogP contribution >= 0.6 is 0 Å². The van der Waals surface area contributed by atoms with Gasteiger partial charge in [-0.25, -0.2) is 4.90 Å². The molecule has 2 amide bonds. The lowest BCUT2D eigenvalue weighted by molar-refractivity contribution is -0.157. The molecule has 5 atom stereocenters. The Bertz CT molecular complexity index is 2340. The van der Waals surface area contributed by atoms with Gasteiger partial charge in [0, 0.05) is 29.8 Å². The molecule has 2 aliphatic carbocycles. The van der Waals surface area contributed by atoms with Crippen LogP contribution in [0.1, 0.15) is 39.6 Å². The highest BCUT2D eigenvalue weighted by molar-refractivity contribution is 6.08. The molecule has 274 valence electrons. The Kier molecular flexibility index (Phi) is 9.03. The maximum Gasteiger partial charge on any atom is 0.319 e. The van der Waals surface area contributed by atoms with E-state index in [4.69, 9.17) is 9.72 Å². The Morgan fingerprint density at radius 3 is 1.82 bits per heavy atom. The second kappa shape index (κ2) is 14.5. The summed E-state index contributed by atoms with van der Waals surface area (Å²) >= 11 is 0. The van der Waals surface area contributed by atoms with Crippen molar-refractivity contribution in [3.63, 3.8) is 0 Å². The molecule has 6 aromatic rings. The van der Waals surface area contributed by atoms with Crippen LogP contribution < -0.4 is 0 Å². The number of rotatable bonds is 10. The number of aromatic nitrogens is 2. The minimum Gasteiger partial charge on any atom is -0.443 e. The maximum atomic E-state index is 14.8. The van der Waals surface area contributed by atoms with Gasteiger partial charge in [-0.1, -0.05) is 140 Å². The van der Waals surface area contributed by atoms with Gasteiger partial charge in [0.2, 0.25) is 11.8 Å². The summed E-state index contributed by atoms with van der Waals surface area (Å²) in [5.74, 6) is -5.14. The summed E-state index contributed by atoms with van der Waals surface area (Å²) in [6, 6.07) is 48.8. The molecule has 8 heteroatoms. The number of esters is 1. The van der Waals surface area contributed by atoms with E-state index in [1.807, 2.05) is 152 Å². The summed E-state index contributed by atoms with van der Waals surface area (Å²) in [6.07, 6.45) is 5.33. The lowest BCUT2D eigenvalue weighted by Crippen LogP contribution is -2.39. The number of amides is 2. The molecule has 3 heterocycles. The monoisotopic (exact) mass is 735 g/mol. The van der Waals surface area contributed by atoms with Crippen molar-refractivity contribution in [3.05, 3.63) is 221 Å². The molecule has 2 bridgehead atoms. The van der Waals surface area contributed by atoms with Crippen LogP contribution in [-0.2, 0) is 24.7 Å². The van der Waals surface area contributed by atoms with Crippen molar-refractivity contribution in [3.8, 4) is 0 Å². The quantitative estimate of drug-likeness (QED) is 0.0892. The third-order valence-electron chi connectivity index (χ3n) is 11.4. The van der Waals surface area contributed by atoms with Crippen LogP contribution in [0, 0.1) is 23.7 Å². The molecule has 8 nitrogen and oxygen atoms in total. The van der Waals surface area contributed by atoms with Gasteiger partial charge in [-0.3, -0.25) is 24.4 Å². The van der Waals surface area contributed by atoms with Crippen molar-refractivity contribution < 1.29 is 24.2 Å². The van der Waals surface area contributed by atoms with Crippen LogP contribution in [0.3, 0.4) is 0 Å². The van der Waals surface area contributed by atoms with Gasteiger partial charge in [0.15, 0.2) is 12.3 Å². The Labute approximate surface area is 324 Å². The molecular formula is C48H37N3O5. The lowest BCUT2D eigenvalue weighted by atomic mass is 9.71. The number of aliphatic hydroxyl groups is 1. The molecule has 2 aromatic heterocycles. The van der Waals surface area contributed by atoms with E-state index in [2.05, 4.69) is 4.98 Å². The number of fused-ring (bicyclic) bond motifs is 5. The predicted molar refractivity (Wildman–Crippen MR) is 210 cm³/mol. The van der Waals surface area contributed by atoms with E-state index < -0.39 is 59.7 Å². The summed E-state index contributed by atoms with van der Waals surface area (Å²) in [5, 5.41) is 13.2. The van der Waals surface area contributed by atoms with Crippen LogP contribution in [0.15, 0.2) is 187 Å². The lowest BCUT2D eigenvalue weighted by Gasteiger charge is -2.36. The average molecular weight is 736 g/mol. The number of allylic oxidation sites excluding steroid dienone is 2. The molecule has 1 saturated carbocycles. The third-order valence-corrected chi connectivity index (χ3v) is 11.4. The van der Waals surface area contributed by atoms with Crippen LogP contribution in [0.5, 0.6) is 0 Å². The molecule has 9 rings (SSSR count). The van der Waals surface area contributed by atoms with Crippen molar-refractivity contribution in [1.82, 2.24) is 14.9 Å². The molecule has 1 N–H and O–H groups in total. The Morgan fingerprint density at radius 2 is 1.23 bits per heavy atom. The van der Waals surface area contributed by atoms with Crippen molar-refractivity contribution in [2.45, 2.75) is 11.5 Å². The minimum absolute atomic E-state index is 0.399. The molecule has 0 radical (unpaired) electrons. The standard InChI is InChI=1S/C48H37N3O5/c52-45-42-35-29-36(48(55,34-23-11-4-12-24-34)38-26-14-16-28-50-38)43(41(35)40(33-21-9-3-10-22-33)37-25-13-15-27-49-37)44(42)46(53)51(45)30-56-47(54)39(31-17-5-1-6-18-31)32-19-7-2-8-20-32/h1-29,35,39,42-44,55H,30H2. The first-order valence-electron chi connectivity index (χ1n) is 18.7. The summed E-state index contributed by atoms with van der Waals surface area (Å²) in [4.78, 5) is 53.9. The second-order valence-electron chi connectivity index (χ2n) is 14.3. The highest BCUT2D eigenvalue weighted by atomic mass is 16.5. The molecule has 1 saturated heterocycles. The van der Waals surface area contributed by atoms with Gasteiger partial charge in [0.1, 0.15) is 5.92 Å². The number of hydrogen-bond acceptors (Lipinski definition) is 7. The first-order valence-corrected chi connectivity index (χ1v) is 18.7.